The van der Waals surface area contributed by atoms with Gasteiger partial charge in [0.2, 0.25) is 5.79 Å². The summed E-state index contributed by atoms with van der Waals surface area (Å²) < 4.78 is 15.7. The van der Waals surface area contributed by atoms with Crippen molar-refractivity contribution < 1.29 is 29.5 Å². The van der Waals surface area contributed by atoms with Gasteiger partial charge in [-0.3, -0.25) is 0 Å². The number of rotatable bonds is 2. The van der Waals surface area contributed by atoms with Gasteiger partial charge in [0, 0.05) is 0 Å². The van der Waals surface area contributed by atoms with Crippen LogP contribution in [0.2, 0.25) is 0 Å². The van der Waals surface area contributed by atoms with Crippen molar-refractivity contribution >= 4 is 12.6 Å². The van der Waals surface area contributed by atoms with Crippen molar-refractivity contribution in [3.63, 3.8) is 0 Å². The summed E-state index contributed by atoms with van der Waals surface area (Å²) in [6, 6.07) is 0. The van der Waals surface area contributed by atoms with Gasteiger partial charge in [0.1, 0.15) is 18.8 Å². The molecule has 88 valence electrons. The third-order valence-corrected chi connectivity index (χ3v) is 3.48. The van der Waals surface area contributed by atoms with E-state index < -0.39 is 29.5 Å². The van der Waals surface area contributed by atoms with Crippen LogP contribution in [-0.4, -0.2) is 64.7 Å². The van der Waals surface area contributed by atoms with E-state index in [-0.39, 0.29) is 19.8 Å². The second-order valence-electron chi connectivity index (χ2n) is 3.63. The molecule has 2 saturated heterocycles. The van der Waals surface area contributed by atoms with Gasteiger partial charge < -0.3 is 29.5 Å². The molecular formula is C8H14O6S. The zero-order chi connectivity index (χ0) is 11.1. The minimum atomic E-state index is -1.54. The highest BCUT2D eigenvalue weighted by atomic mass is 32.1. The Morgan fingerprint density at radius 2 is 1.80 bits per heavy atom. The Morgan fingerprint density at radius 1 is 1.20 bits per heavy atom. The van der Waals surface area contributed by atoms with Crippen molar-refractivity contribution in [3.8, 4) is 0 Å². The fourth-order valence-electron chi connectivity index (χ4n) is 1.85. The molecule has 0 spiro atoms. The second-order valence-corrected chi connectivity index (χ2v) is 4.29. The van der Waals surface area contributed by atoms with E-state index in [1.165, 1.54) is 0 Å². The zero-order valence-corrected chi connectivity index (χ0v) is 8.89. The minimum Gasteiger partial charge on any atom is -0.391 e. The standard InChI is InChI=1S/C8H14O6S/c9-4-7(12-1-2-13-7)8(15)6(11)5(10)3-14-8/h5-6,9-11,15H,1-4H2/t5-,6+,8+/m0/s1. The van der Waals surface area contributed by atoms with Crippen LogP contribution in [0.3, 0.4) is 0 Å². The average molecular weight is 238 g/mol. The molecule has 7 heteroatoms. The van der Waals surface area contributed by atoms with Crippen LogP contribution in [0.4, 0.5) is 0 Å². The molecule has 0 aromatic rings. The van der Waals surface area contributed by atoms with Crippen molar-refractivity contribution in [2.75, 3.05) is 26.4 Å². The number of thiol groups is 1. The lowest BCUT2D eigenvalue weighted by atomic mass is 10.0. The Labute approximate surface area is 92.2 Å². The molecule has 2 fully saturated rings. The highest BCUT2D eigenvalue weighted by molar-refractivity contribution is 7.81. The molecule has 0 unspecified atom stereocenters. The number of aliphatic hydroxyl groups excluding tert-OH is 3. The van der Waals surface area contributed by atoms with Crippen LogP contribution < -0.4 is 0 Å². The molecule has 0 aromatic carbocycles. The fraction of sp³-hybridized carbons (Fsp3) is 1.00. The molecule has 3 atom stereocenters. The van der Waals surface area contributed by atoms with Crippen LogP contribution >= 0.6 is 12.6 Å². The maximum atomic E-state index is 9.75. The predicted molar refractivity (Wildman–Crippen MR) is 51.4 cm³/mol. The van der Waals surface area contributed by atoms with E-state index in [2.05, 4.69) is 12.6 Å². The third-order valence-electron chi connectivity index (χ3n) is 2.75. The molecule has 0 amide bonds. The first kappa shape index (κ1) is 11.6. The predicted octanol–water partition coefficient (Wildman–Crippen LogP) is -1.90. The smallest absolute Gasteiger partial charge is 0.234 e. The first-order chi connectivity index (χ1) is 7.06. The summed E-state index contributed by atoms with van der Waals surface area (Å²) in [5.41, 5.74) is 0. The number of aliphatic hydroxyl groups is 3. The summed E-state index contributed by atoms with van der Waals surface area (Å²) in [6.07, 6.45) is -2.33. The highest BCUT2D eigenvalue weighted by Crippen LogP contribution is 2.44. The maximum absolute atomic E-state index is 9.75. The van der Waals surface area contributed by atoms with Gasteiger partial charge in [-0.25, -0.2) is 0 Å². The molecule has 15 heavy (non-hydrogen) atoms. The van der Waals surface area contributed by atoms with Gasteiger partial charge in [-0.15, -0.1) is 12.6 Å². The molecule has 2 rings (SSSR count). The van der Waals surface area contributed by atoms with Gasteiger partial charge in [0.05, 0.1) is 19.8 Å². The van der Waals surface area contributed by atoms with E-state index in [0.717, 1.165) is 0 Å². The van der Waals surface area contributed by atoms with Crippen LogP contribution in [0.5, 0.6) is 0 Å². The molecule has 0 bridgehead atoms. The topological polar surface area (TPSA) is 88.4 Å². The van der Waals surface area contributed by atoms with Crippen LogP contribution in [0.15, 0.2) is 0 Å². The molecule has 0 aromatic heterocycles. The first-order valence-corrected chi connectivity index (χ1v) is 5.12. The van der Waals surface area contributed by atoms with Gasteiger partial charge in [-0.05, 0) is 0 Å². The van der Waals surface area contributed by atoms with Crippen LogP contribution in [0, 0.1) is 0 Å². The molecule has 2 heterocycles. The third kappa shape index (κ3) is 1.50. The fourth-order valence-corrected chi connectivity index (χ4v) is 2.30. The lowest BCUT2D eigenvalue weighted by Gasteiger charge is -2.40. The highest BCUT2D eigenvalue weighted by Gasteiger charge is 2.63. The summed E-state index contributed by atoms with van der Waals surface area (Å²) in [5.74, 6) is -1.51. The van der Waals surface area contributed by atoms with Gasteiger partial charge in [-0.2, -0.15) is 0 Å². The van der Waals surface area contributed by atoms with Crippen molar-refractivity contribution in [3.05, 3.63) is 0 Å². The monoisotopic (exact) mass is 238 g/mol. The van der Waals surface area contributed by atoms with E-state index in [1.54, 1.807) is 0 Å². The normalized spacial score (nSPS) is 44.8. The molecule has 0 aliphatic carbocycles. The summed E-state index contributed by atoms with van der Waals surface area (Å²) >= 11 is 4.15. The van der Waals surface area contributed by atoms with Crippen LogP contribution in [0.25, 0.3) is 0 Å². The number of hydrogen-bond donors (Lipinski definition) is 4. The van der Waals surface area contributed by atoms with Crippen molar-refractivity contribution in [2.24, 2.45) is 0 Å². The number of ether oxygens (including phenoxy) is 3. The van der Waals surface area contributed by atoms with E-state index in [4.69, 9.17) is 14.2 Å². The Bertz CT molecular complexity index is 243. The molecule has 2 aliphatic rings. The summed E-state index contributed by atoms with van der Waals surface area (Å²) in [7, 11) is 0. The molecule has 0 radical (unpaired) electrons. The molecule has 2 aliphatic heterocycles. The van der Waals surface area contributed by atoms with Gasteiger partial charge in [0.15, 0.2) is 4.93 Å². The Kier molecular flexibility index (Phi) is 2.97. The largest absolute Gasteiger partial charge is 0.391 e. The van der Waals surface area contributed by atoms with E-state index in [0.29, 0.717) is 0 Å². The van der Waals surface area contributed by atoms with Crippen LogP contribution in [-0.2, 0) is 14.2 Å². The van der Waals surface area contributed by atoms with Gasteiger partial charge in [0.25, 0.3) is 0 Å². The summed E-state index contributed by atoms with van der Waals surface area (Å²) in [6.45, 7) is 0.00348. The average Bonchev–Trinajstić information content (AvgIpc) is 2.81. The zero-order valence-electron chi connectivity index (χ0n) is 8.00. The quantitative estimate of drug-likeness (QED) is 0.420. The number of hydrogen-bond acceptors (Lipinski definition) is 7. The second kappa shape index (κ2) is 3.85. The molecule has 3 N–H and O–H groups in total. The molecule has 0 saturated carbocycles. The van der Waals surface area contributed by atoms with E-state index >= 15 is 0 Å². The van der Waals surface area contributed by atoms with Crippen molar-refractivity contribution in [2.45, 2.75) is 22.9 Å². The maximum Gasteiger partial charge on any atom is 0.234 e. The van der Waals surface area contributed by atoms with Gasteiger partial charge >= 0.3 is 0 Å². The molecular weight excluding hydrogens is 224 g/mol. The molecule has 6 nitrogen and oxygen atoms in total. The van der Waals surface area contributed by atoms with Crippen molar-refractivity contribution in [1.29, 1.82) is 0 Å². The lowest BCUT2D eigenvalue weighted by Crippen LogP contribution is -2.60. The Morgan fingerprint density at radius 3 is 2.20 bits per heavy atom. The Hall–Kier alpha value is 0.110. The first-order valence-electron chi connectivity index (χ1n) is 4.67. The van der Waals surface area contributed by atoms with Crippen LogP contribution in [0.1, 0.15) is 0 Å². The van der Waals surface area contributed by atoms with E-state index in [9.17, 15) is 15.3 Å². The lowest BCUT2D eigenvalue weighted by molar-refractivity contribution is -0.268. The summed E-state index contributed by atoms with van der Waals surface area (Å²) in [4.78, 5) is -1.54. The van der Waals surface area contributed by atoms with E-state index in [1.807, 2.05) is 0 Å². The Balaban J connectivity index is 2.27. The van der Waals surface area contributed by atoms with Gasteiger partial charge in [-0.1, -0.05) is 0 Å². The summed E-state index contributed by atoms with van der Waals surface area (Å²) in [5, 5.41) is 28.4. The minimum absolute atomic E-state index is 0.0703. The SMILES string of the molecule is OCC1([C@@]2(S)OC[C@H](O)[C@H]2O)OCCO1. The van der Waals surface area contributed by atoms with Crippen molar-refractivity contribution in [1.82, 2.24) is 0 Å².